The van der Waals surface area contributed by atoms with E-state index >= 15 is 0 Å². The van der Waals surface area contributed by atoms with Gasteiger partial charge in [-0.25, -0.2) is 4.79 Å². The van der Waals surface area contributed by atoms with E-state index in [1.54, 1.807) is 24.3 Å². The Labute approximate surface area is 133 Å². The molecule has 1 rings (SSSR count). The maximum atomic E-state index is 11.1. The van der Waals surface area contributed by atoms with Crippen LogP contribution in [0.5, 0.6) is 11.5 Å². The fourth-order valence-corrected chi connectivity index (χ4v) is 1.66. The zero-order chi connectivity index (χ0) is 17.1. The summed E-state index contributed by atoms with van der Waals surface area (Å²) in [6, 6.07) is 5.22. The van der Waals surface area contributed by atoms with Gasteiger partial charge in [0, 0.05) is 6.08 Å². The van der Waals surface area contributed by atoms with Crippen molar-refractivity contribution in [2.75, 3.05) is 27.4 Å². The van der Waals surface area contributed by atoms with E-state index < -0.39 is 11.1 Å². The summed E-state index contributed by atoms with van der Waals surface area (Å²) in [6.45, 7) is 0.430. The molecule has 0 aliphatic carbocycles. The third-order valence-corrected chi connectivity index (χ3v) is 2.79. The van der Waals surface area contributed by atoms with Gasteiger partial charge < -0.3 is 19.0 Å². The van der Waals surface area contributed by atoms with Crippen molar-refractivity contribution in [2.45, 2.75) is 12.8 Å². The summed E-state index contributed by atoms with van der Waals surface area (Å²) >= 11 is 0. The first-order valence-corrected chi connectivity index (χ1v) is 6.91. The highest BCUT2D eigenvalue weighted by Gasteiger charge is 2.05. The molecular weight excluding hydrogens is 306 g/mol. The average Bonchev–Trinajstić information content (AvgIpc) is 2.55. The van der Waals surface area contributed by atoms with Gasteiger partial charge in [-0.15, -0.1) is 10.1 Å². The highest BCUT2D eigenvalue weighted by molar-refractivity contribution is 5.87. The van der Waals surface area contributed by atoms with Gasteiger partial charge in [0.05, 0.1) is 27.4 Å². The first-order chi connectivity index (χ1) is 11.1. The van der Waals surface area contributed by atoms with Gasteiger partial charge in [0.25, 0.3) is 5.09 Å². The van der Waals surface area contributed by atoms with Crippen LogP contribution in [0.2, 0.25) is 0 Å². The Hall–Kier alpha value is -2.77. The fourth-order valence-electron chi connectivity index (χ4n) is 1.66. The molecular formula is C15H19NO7. The van der Waals surface area contributed by atoms with Crippen LogP contribution in [-0.4, -0.2) is 38.5 Å². The van der Waals surface area contributed by atoms with E-state index in [0.29, 0.717) is 30.9 Å². The van der Waals surface area contributed by atoms with E-state index in [2.05, 4.69) is 9.57 Å². The molecule has 0 aromatic heterocycles. The maximum absolute atomic E-state index is 11.1. The van der Waals surface area contributed by atoms with Crippen LogP contribution >= 0.6 is 0 Å². The van der Waals surface area contributed by atoms with Crippen molar-refractivity contribution in [2.24, 2.45) is 0 Å². The van der Waals surface area contributed by atoms with Gasteiger partial charge in [-0.1, -0.05) is 6.07 Å². The molecule has 0 aliphatic heterocycles. The normalized spacial score (nSPS) is 10.3. The Morgan fingerprint density at radius 1 is 1.22 bits per heavy atom. The van der Waals surface area contributed by atoms with E-state index in [4.69, 9.17) is 9.47 Å². The Morgan fingerprint density at radius 3 is 2.61 bits per heavy atom. The second-order valence-corrected chi connectivity index (χ2v) is 4.38. The van der Waals surface area contributed by atoms with Crippen LogP contribution in [0, 0.1) is 10.1 Å². The van der Waals surface area contributed by atoms with Gasteiger partial charge in [-0.3, -0.25) is 0 Å². The number of unbranched alkanes of at least 4 members (excludes halogenated alkanes) is 1. The second kappa shape index (κ2) is 10.0. The standard InChI is InChI=1S/C15H19NO7/c1-20-14-11-12(6-8-15(17)21-2)5-7-13(14)22-9-3-4-10-23-16(18)19/h5-8,11H,3-4,9-10H2,1-2H3. The lowest BCUT2D eigenvalue weighted by Gasteiger charge is -2.11. The Morgan fingerprint density at radius 2 is 1.96 bits per heavy atom. The average molecular weight is 325 g/mol. The van der Waals surface area contributed by atoms with Crippen molar-refractivity contribution in [1.82, 2.24) is 0 Å². The summed E-state index contributed by atoms with van der Waals surface area (Å²) in [7, 11) is 2.82. The molecule has 0 saturated heterocycles. The zero-order valence-electron chi connectivity index (χ0n) is 13.0. The number of hydrogen-bond donors (Lipinski definition) is 0. The van der Waals surface area contributed by atoms with Crippen molar-refractivity contribution in [1.29, 1.82) is 0 Å². The van der Waals surface area contributed by atoms with Crippen molar-refractivity contribution in [3.63, 3.8) is 0 Å². The van der Waals surface area contributed by atoms with Gasteiger partial charge in [0.15, 0.2) is 11.5 Å². The zero-order valence-corrected chi connectivity index (χ0v) is 13.0. The smallest absolute Gasteiger partial charge is 0.330 e. The van der Waals surface area contributed by atoms with Crippen LogP contribution in [0.15, 0.2) is 24.3 Å². The lowest BCUT2D eigenvalue weighted by atomic mass is 10.2. The molecule has 0 aliphatic rings. The molecule has 1 aromatic rings. The molecule has 0 atom stereocenters. The first-order valence-electron chi connectivity index (χ1n) is 6.91. The van der Waals surface area contributed by atoms with Gasteiger partial charge in [0.2, 0.25) is 0 Å². The molecule has 0 amide bonds. The van der Waals surface area contributed by atoms with Crippen molar-refractivity contribution >= 4 is 12.0 Å². The largest absolute Gasteiger partial charge is 0.493 e. The number of nitrogens with zero attached hydrogens (tertiary/aromatic N) is 1. The molecule has 23 heavy (non-hydrogen) atoms. The number of ether oxygens (including phenoxy) is 3. The minimum Gasteiger partial charge on any atom is -0.493 e. The molecule has 0 N–H and O–H groups in total. The third kappa shape index (κ3) is 7.16. The molecule has 0 spiro atoms. The molecule has 0 unspecified atom stereocenters. The Kier molecular flexibility index (Phi) is 7.98. The van der Waals surface area contributed by atoms with E-state index in [1.807, 2.05) is 0 Å². The van der Waals surface area contributed by atoms with Gasteiger partial charge in [-0.2, -0.15) is 0 Å². The number of carbonyl (C=O) groups is 1. The minimum atomic E-state index is -0.815. The summed E-state index contributed by atoms with van der Waals surface area (Å²) in [4.78, 5) is 25.3. The predicted octanol–water partition coefficient (Wildman–Crippen LogP) is 2.25. The number of hydrogen-bond acceptors (Lipinski definition) is 7. The van der Waals surface area contributed by atoms with Crippen LogP contribution in [0.4, 0.5) is 0 Å². The van der Waals surface area contributed by atoms with Crippen LogP contribution in [0.1, 0.15) is 18.4 Å². The van der Waals surface area contributed by atoms with E-state index in [0.717, 1.165) is 5.56 Å². The molecule has 8 nitrogen and oxygen atoms in total. The highest BCUT2D eigenvalue weighted by Crippen LogP contribution is 2.28. The van der Waals surface area contributed by atoms with Crippen LogP contribution in [-0.2, 0) is 14.4 Å². The van der Waals surface area contributed by atoms with Gasteiger partial charge >= 0.3 is 5.97 Å². The summed E-state index contributed by atoms with van der Waals surface area (Å²) in [5, 5.41) is 9.17. The monoisotopic (exact) mass is 325 g/mol. The molecule has 8 heteroatoms. The lowest BCUT2D eigenvalue weighted by molar-refractivity contribution is -0.757. The molecule has 0 saturated carbocycles. The lowest BCUT2D eigenvalue weighted by Crippen LogP contribution is -2.05. The van der Waals surface area contributed by atoms with Crippen LogP contribution in [0.3, 0.4) is 0 Å². The van der Waals surface area contributed by atoms with Crippen LogP contribution < -0.4 is 9.47 Å². The SMILES string of the molecule is COC(=O)C=Cc1ccc(OCCCCO[N+](=O)[O-])c(OC)c1. The molecule has 0 bridgehead atoms. The number of benzene rings is 1. The van der Waals surface area contributed by atoms with E-state index in [9.17, 15) is 14.9 Å². The van der Waals surface area contributed by atoms with Crippen molar-refractivity contribution < 1.29 is 28.9 Å². The Bertz CT molecular complexity index is 557. The van der Waals surface area contributed by atoms with Gasteiger partial charge in [0.1, 0.15) is 0 Å². The van der Waals surface area contributed by atoms with Crippen molar-refractivity contribution in [3.05, 3.63) is 40.0 Å². The maximum Gasteiger partial charge on any atom is 0.330 e. The summed E-state index contributed by atoms with van der Waals surface area (Å²) in [5.41, 5.74) is 0.763. The number of methoxy groups -OCH3 is 2. The number of rotatable bonds is 10. The molecule has 0 heterocycles. The summed E-state index contributed by atoms with van der Waals surface area (Å²) < 4.78 is 15.3. The molecule has 0 fully saturated rings. The van der Waals surface area contributed by atoms with Crippen LogP contribution in [0.25, 0.3) is 6.08 Å². The second-order valence-electron chi connectivity index (χ2n) is 4.38. The molecule has 1 aromatic carbocycles. The fraction of sp³-hybridized carbons (Fsp3) is 0.400. The topological polar surface area (TPSA) is 97.1 Å². The molecule has 0 radical (unpaired) electrons. The van der Waals surface area contributed by atoms with Gasteiger partial charge in [-0.05, 0) is 36.6 Å². The number of carbonyl (C=O) groups excluding carboxylic acids is 1. The van der Waals surface area contributed by atoms with Crippen molar-refractivity contribution in [3.8, 4) is 11.5 Å². The third-order valence-electron chi connectivity index (χ3n) is 2.79. The van der Waals surface area contributed by atoms with E-state index in [-0.39, 0.29) is 6.61 Å². The number of esters is 1. The summed E-state index contributed by atoms with van der Waals surface area (Å²) in [6.07, 6.45) is 4.04. The highest BCUT2D eigenvalue weighted by atomic mass is 16.9. The first kappa shape index (κ1) is 18.3. The predicted molar refractivity (Wildman–Crippen MR) is 81.7 cm³/mol. The summed E-state index contributed by atoms with van der Waals surface area (Å²) in [5.74, 6) is 0.637. The quantitative estimate of drug-likeness (QED) is 0.214. The van der Waals surface area contributed by atoms with E-state index in [1.165, 1.54) is 20.3 Å². The molecule has 126 valence electrons. The minimum absolute atomic E-state index is 0.0464. The Balaban J connectivity index is 2.51.